The Morgan fingerprint density at radius 3 is 2.29 bits per heavy atom. The molecule has 0 aliphatic rings. The molecule has 0 spiro atoms. The molecule has 17 heavy (non-hydrogen) atoms. The van der Waals surface area contributed by atoms with Gasteiger partial charge in [0, 0.05) is 6.04 Å². The fraction of sp³-hybridized carbons (Fsp3) is 0.500. The van der Waals surface area contributed by atoms with Gasteiger partial charge in [-0.2, -0.15) is 13.2 Å². The van der Waals surface area contributed by atoms with Gasteiger partial charge in [0.05, 0.1) is 0 Å². The Kier molecular flexibility index (Phi) is 4.81. The highest BCUT2D eigenvalue weighted by Crippen LogP contribution is 2.20. The van der Waals surface area contributed by atoms with Crippen LogP contribution in [0.4, 0.5) is 13.2 Å². The second-order valence-corrected chi connectivity index (χ2v) is 3.75. The van der Waals surface area contributed by atoms with E-state index in [0.717, 1.165) is 12.1 Å². The molecule has 1 unspecified atom stereocenters. The molecular weight excluding hydrogens is 231 g/mol. The zero-order valence-corrected chi connectivity index (χ0v) is 9.84. The molecule has 1 atom stereocenters. The first kappa shape index (κ1) is 13.8. The fourth-order valence-electron chi connectivity index (χ4n) is 1.44. The fourth-order valence-corrected chi connectivity index (χ4v) is 1.44. The van der Waals surface area contributed by atoms with Gasteiger partial charge in [-0.25, -0.2) is 0 Å². The van der Waals surface area contributed by atoms with E-state index < -0.39 is 12.8 Å². The molecule has 96 valence electrons. The van der Waals surface area contributed by atoms with Crippen LogP contribution in [0.25, 0.3) is 0 Å². The van der Waals surface area contributed by atoms with E-state index in [2.05, 4.69) is 10.1 Å². The number of rotatable bonds is 5. The summed E-state index contributed by atoms with van der Waals surface area (Å²) < 4.78 is 40.4. The van der Waals surface area contributed by atoms with Gasteiger partial charge in [0.25, 0.3) is 0 Å². The minimum absolute atomic E-state index is 0.177. The summed E-state index contributed by atoms with van der Waals surface area (Å²) in [5.74, 6) is 0.231. The zero-order valence-electron chi connectivity index (χ0n) is 9.84. The maximum absolute atomic E-state index is 11.9. The van der Waals surface area contributed by atoms with Gasteiger partial charge in [0.15, 0.2) is 6.61 Å². The predicted molar refractivity (Wildman–Crippen MR) is 60.1 cm³/mol. The lowest BCUT2D eigenvalue weighted by atomic mass is 10.1. The van der Waals surface area contributed by atoms with Crippen LogP contribution in [0.3, 0.4) is 0 Å². The predicted octanol–water partition coefficient (Wildman–Crippen LogP) is 3.30. The monoisotopic (exact) mass is 247 g/mol. The van der Waals surface area contributed by atoms with Gasteiger partial charge >= 0.3 is 6.18 Å². The topological polar surface area (TPSA) is 21.3 Å². The van der Waals surface area contributed by atoms with E-state index in [0.29, 0.717) is 0 Å². The first-order chi connectivity index (χ1) is 7.92. The number of hydrogen-bond acceptors (Lipinski definition) is 2. The summed E-state index contributed by atoms with van der Waals surface area (Å²) in [7, 11) is 0. The van der Waals surface area contributed by atoms with Crippen LogP contribution in [0.5, 0.6) is 5.75 Å². The van der Waals surface area contributed by atoms with Gasteiger partial charge in [-0.05, 0) is 31.2 Å². The second kappa shape index (κ2) is 5.91. The van der Waals surface area contributed by atoms with Crippen LogP contribution in [0.15, 0.2) is 24.3 Å². The molecular formula is C12H16F3NO. The van der Waals surface area contributed by atoms with Gasteiger partial charge in [-0.3, -0.25) is 0 Å². The molecule has 5 heteroatoms. The lowest BCUT2D eigenvalue weighted by Gasteiger charge is -2.14. The molecule has 0 saturated carbocycles. The highest BCUT2D eigenvalue weighted by molar-refractivity contribution is 5.28. The third kappa shape index (κ3) is 5.08. The van der Waals surface area contributed by atoms with Crippen molar-refractivity contribution in [1.82, 2.24) is 5.32 Å². The Hall–Kier alpha value is -1.23. The molecule has 0 heterocycles. The molecule has 0 saturated heterocycles. The molecule has 1 N–H and O–H groups in total. The Morgan fingerprint density at radius 2 is 1.82 bits per heavy atom. The molecule has 0 aromatic heterocycles. The van der Waals surface area contributed by atoms with Crippen molar-refractivity contribution >= 4 is 0 Å². The molecule has 2 nitrogen and oxygen atoms in total. The Bertz CT molecular complexity index is 335. The standard InChI is InChI=1S/C12H16F3NO/c1-3-16-9(2)10-4-6-11(7-5-10)17-8-12(13,14)15/h4-7,9,16H,3,8H2,1-2H3. The molecule has 0 bridgehead atoms. The van der Waals surface area contributed by atoms with E-state index in [9.17, 15) is 13.2 Å². The minimum atomic E-state index is -4.30. The molecule has 0 aliphatic carbocycles. The van der Waals surface area contributed by atoms with Crippen LogP contribution in [-0.2, 0) is 0 Å². The van der Waals surface area contributed by atoms with Crippen molar-refractivity contribution in [1.29, 1.82) is 0 Å². The quantitative estimate of drug-likeness (QED) is 0.862. The molecule has 1 aromatic carbocycles. The first-order valence-electron chi connectivity index (χ1n) is 5.45. The summed E-state index contributed by atoms with van der Waals surface area (Å²) in [4.78, 5) is 0. The van der Waals surface area contributed by atoms with E-state index in [1.165, 1.54) is 0 Å². The minimum Gasteiger partial charge on any atom is -0.484 e. The Balaban J connectivity index is 2.56. The lowest BCUT2D eigenvalue weighted by molar-refractivity contribution is -0.153. The van der Waals surface area contributed by atoms with Crippen LogP contribution in [0.2, 0.25) is 0 Å². The first-order valence-corrected chi connectivity index (χ1v) is 5.45. The summed E-state index contributed by atoms with van der Waals surface area (Å²) >= 11 is 0. The largest absolute Gasteiger partial charge is 0.484 e. The van der Waals surface area contributed by atoms with Crippen molar-refractivity contribution in [3.8, 4) is 5.75 Å². The van der Waals surface area contributed by atoms with Gasteiger partial charge in [0.1, 0.15) is 5.75 Å². The molecule has 0 aliphatic heterocycles. The van der Waals surface area contributed by atoms with Crippen molar-refractivity contribution in [2.24, 2.45) is 0 Å². The summed E-state index contributed by atoms with van der Waals surface area (Å²) in [6, 6.07) is 6.80. The number of benzene rings is 1. The van der Waals surface area contributed by atoms with E-state index in [4.69, 9.17) is 0 Å². The third-order valence-electron chi connectivity index (χ3n) is 2.29. The average molecular weight is 247 g/mol. The van der Waals surface area contributed by atoms with Gasteiger partial charge in [0.2, 0.25) is 0 Å². The molecule has 0 amide bonds. The zero-order chi connectivity index (χ0) is 12.9. The van der Waals surface area contributed by atoms with Gasteiger partial charge in [-0.15, -0.1) is 0 Å². The maximum atomic E-state index is 11.9. The summed E-state index contributed by atoms with van der Waals surface area (Å²) in [6.07, 6.45) is -4.30. The lowest BCUT2D eigenvalue weighted by Crippen LogP contribution is -2.19. The van der Waals surface area contributed by atoms with E-state index in [1.54, 1.807) is 24.3 Å². The molecule has 0 fully saturated rings. The van der Waals surface area contributed by atoms with Crippen molar-refractivity contribution in [3.63, 3.8) is 0 Å². The summed E-state index contributed by atoms with van der Waals surface area (Å²) in [5.41, 5.74) is 1.02. The number of hydrogen-bond donors (Lipinski definition) is 1. The van der Waals surface area contributed by atoms with Crippen molar-refractivity contribution in [3.05, 3.63) is 29.8 Å². The van der Waals surface area contributed by atoms with Gasteiger partial charge in [-0.1, -0.05) is 19.1 Å². The van der Waals surface area contributed by atoms with Crippen molar-refractivity contribution < 1.29 is 17.9 Å². The van der Waals surface area contributed by atoms with E-state index in [-0.39, 0.29) is 11.8 Å². The number of nitrogens with one attached hydrogen (secondary N) is 1. The molecule has 1 rings (SSSR count). The highest BCUT2D eigenvalue weighted by Gasteiger charge is 2.28. The van der Waals surface area contributed by atoms with Crippen molar-refractivity contribution in [2.45, 2.75) is 26.1 Å². The Labute approximate surface area is 98.8 Å². The van der Waals surface area contributed by atoms with E-state index >= 15 is 0 Å². The number of alkyl halides is 3. The SMILES string of the molecule is CCNC(C)c1ccc(OCC(F)(F)F)cc1. The average Bonchev–Trinajstić information content (AvgIpc) is 2.26. The normalized spacial score (nSPS) is 13.5. The third-order valence-corrected chi connectivity index (χ3v) is 2.29. The second-order valence-electron chi connectivity index (χ2n) is 3.75. The van der Waals surface area contributed by atoms with Crippen LogP contribution in [0, 0.1) is 0 Å². The number of ether oxygens (including phenoxy) is 1. The maximum Gasteiger partial charge on any atom is 0.422 e. The van der Waals surface area contributed by atoms with Gasteiger partial charge < -0.3 is 10.1 Å². The summed E-state index contributed by atoms with van der Waals surface area (Å²) in [6.45, 7) is 3.58. The molecule has 1 aromatic rings. The van der Waals surface area contributed by atoms with Crippen molar-refractivity contribution in [2.75, 3.05) is 13.2 Å². The number of halogens is 3. The van der Waals surface area contributed by atoms with E-state index in [1.807, 2.05) is 13.8 Å². The Morgan fingerprint density at radius 1 is 1.24 bits per heavy atom. The highest BCUT2D eigenvalue weighted by atomic mass is 19.4. The smallest absolute Gasteiger partial charge is 0.422 e. The summed E-state index contributed by atoms with van der Waals surface area (Å²) in [5, 5.41) is 3.22. The van der Waals surface area contributed by atoms with Crippen LogP contribution < -0.4 is 10.1 Å². The van der Waals surface area contributed by atoms with Crippen LogP contribution in [-0.4, -0.2) is 19.3 Å². The molecule has 0 radical (unpaired) electrons. The van der Waals surface area contributed by atoms with Crippen LogP contribution >= 0.6 is 0 Å². The van der Waals surface area contributed by atoms with Crippen LogP contribution in [0.1, 0.15) is 25.5 Å².